The molecule has 1 fully saturated rings. The van der Waals surface area contributed by atoms with E-state index in [0.717, 1.165) is 80.4 Å². The van der Waals surface area contributed by atoms with E-state index < -0.39 is 0 Å². The second-order valence-electron chi connectivity index (χ2n) is 7.35. The third kappa shape index (κ3) is 2.91. The van der Waals surface area contributed by atoms with Crippen molar-refractivity contribution >= 4 is 11.7 Å². The minimum atomic E-state index is -0.0413. The van der Waals surface area contributed by atoms with E-state index in [2.05, 4.69) is 15.4 Å². The molecular formula is C20H24N4O3. The molecule has 1 unspecified atom stereocenters. The molecule has 0 bridgehead atoms. The van der Waals surface area contributed by atoms with Gasteiger partial charge in [-0.1, -0.05) is 23.4 Å². The molecule has 2 aliphatic heterocycles. The van der Waals surface area contributed by atoms with Gasteiger partial charge in [-0.15, -0.1) is 0 Å². The van der Waals surface area contributed by atoms with Gasteiger partial charge in [0.1, 0.15) is 11.5 Å². The van der Waals surface area contributed by atoms with Crippen LogP contribution in [-0.4, -0.2) is 55.5 Å². The Morgan fingerprint density at radius 2 is 2.11 bits per heavy atom. The first kappa shape index (κ1) is 16.8. The molecule has 1 aromatic heterocycles. The summed E-state index contributed by atoms with van der Waals surface area (Å²) < 4.78 is 11.0. The standard InChI is InChI=1S/C20H24N4O3/c25-20(21-8-9-23-10-12-26-13-11-23)24-15-5-2-1-4-14(15)19-18-16(24)6-3-7-17(18)27-22-19/h1-2,4-5,16H,3,6-13H2,(H,21,25). The van der Waals surface area contributed by atoms with Crippen LogP contribution in [0.3, 0.4) is 0 Å². The summed E-state index contributed by atoms with van der Waals surface area (Å²) in [6.07, 6.45) is 2.84. The molecule has 1 aromatic carbocycles. The van der Waals surface area contributed by atoms with Crippen molar-refractivity contribution in [2.75, 3.05) is 44.3 Å². The molecule has 1 atom stereocenters. The van der Waals surface area contributed by atoms with Crippen molar-refractivity contribution in [3.63, 3.8) is 0 Å². The van der Waals surface area contributed by atoms with Gasteiger partial charge in [0, 0.05) is 43.7 Å². The summed E-state index contributed by atoms with van der Waals surface area (Å²) >= 11 is 0. The number of anilines is 1. The van der Waals surface area contributed by atoms with Crippen molar-refractivity contribution < 1.29 is 14.1 Å². The number of hydrogen-bond acceptors (Lipinski definition) is 5. The second-order valence-corrected chi connectivity index (χ2v) is 7.35. The molecule has 142 valence electrons. The van der Waals surface area contributed by atoms with E-state index >= 15 is 0 Å². The number of benzene rings is 1. The molecule has 1 N–H and O–H groups in total. The van der Waals surface area contributed by atoms with E-state index in [4.69, 9.17) is 9.26 Å². The van der Waals surface area contributed by atoms with Crippen LogP contribution in [0, 0.1) is 0 Å². The number of carbonyl (C=O) groups excluding carboxylic acids is 1. The summed E-state index contributed by atoms with van der Waals surface area (Å²) in [5, 5.41) is 7.45. The molecule has 0 spiro atoms. The number of para-hydroxylation sites is 1. The number of nitrogens with one attached hydrogen (secondary N) is 1. The summed E-state index contributed by atoms with van der Waals surface area (Å²) in [5.74, 6) is 0.932. The maximum atomic E-state index is 13.2. The summed E-state index contributed by atoms with van der Waals surface area (Å²) in [5.41, 5.74) is 3.90. The van der Waals surface area contributed by atoms with E-state index in [9.17, 15) is 4.79 Å². The molecule has 27 heavy (non-hydrogen) atoms. The van der Waals surface area contributed by atoms with E-state index in [1.807, 2.05) is 29.2 Å². The Bertz CT molecular complexity index is 844. The second kappa shape index (κ2) is 6.98. The monoisotopic (exact) mass is 368 g/mol. The van der Waals surface area contributed by atoms with Crippen molar-refractivity contribution in [3.05, 3.63) is 35.6 Å². The first-order valence-electron chi connectivity index (χ1n) is 9.78. The highest BCUT2D eigenvalue weighted by molar-refractivity contribution is 6.00. The minimum Gasteiger partial charge on any atom is -0.379 e. The Hall–Kier alpha value is -2.38. The van der Waals surface area contributed by atoms with Crippen molar-refractivity contribution in [3.8, 4) is 11.3 Å². The molecule has 1 aliphatic carbocycles. The predicted octanol–water partition coefficient (Wildman–Crippen LogP) is 2.58. The van der Waals surface area contributed by atoms with Gasteiger partial charge in [0.15, 0.2) is 0 Å². The normalized spacial score (nSPS) is 21.5. The fourth-order valence-corrected chi connectivity index (χ4v) is 4.44. The van der Waals surface area contributed by atoms with E-state index in [0.29, 0.717) is 6.54 Å². The summed E-state index contributed by atoms with van der Waals surface area (Å²) in [7, 11) is 0. The van der Waals surface area contributed by atoms with E-state index in [1.165, 1.54) is 0 Å². The van der Waals surface area contributed by atoms with Crippen LogP contribution in [0.1, 0.15) is 30.2 Å². The Morgan fingerprint density at radius 3 is 3.00 bits per heavy atom. The van der Waals surface area contributed by atoms with Crippen molar-refractivity contribution in [1.29, 1.82) is 0 Å². The van der Waals surface area contributed by atoms with Crippen LogP contribution in [0.25, 0.3) is 11.3 Å². The highest BCUT2D eigenvalue weighted by Crippen LogP contribution is 2.49. The molecular weight excluding hydrogens is 344 g/mol. The number of ether oxygens (including phenoxy) is 1. The molecule has 2 aromatic rings. The predicted molar refractivity (Wildman–Crippen MR) is 101 cm³/mol. The van der Waals surface area contributed by atoms with Gasteiger partial charge in [-0.25, -0.2) is 4.79 Å². The molecule has 5 rings (SSSR count). The smallest absolute Gasteiger partial charge is 0.322 e. The zero-order valence-electron chi connectivity index (χ0n) is 15.3. The highest BCUT2D eigenvalue weighted by Gasteiger charge is 2.40. The number of morpholine rings is 1. The largest absolute Gasteiger partial charge is 0.379 e. The maximum Gasteiger partial charge on any atom is 0.322 e. The Balaban J connectivity index is 1.38. The summed E-state index contributed by atoms with van der Waals surface area (Å²) in [6.45, 7) is 4.88. The third-order valence-corrected chi connectivity index (χ3v) is 5.77. The maximum absolute atomic E-state index is 13.2. The van der Waals surface area contributed by atoms with Gasteiger partial charge in [-0.05, 0) is 18.9 Å². The van der Waals surface area contributed by atoms with E-state index in [1.54, 1.807) is 0 Å². The van der Waals surface area contributed by atoms with Crippen LogP contribution in [0.15, 0.2) is 28.8 Å². The number of rotatable bonds is 3. The zero-order chi connectivity index (χ0) is 18.2. The third-order valence-electron chi connectivity index (χ3n) is 5.77. The van der Waals surface area contributed by atoms with Gasteiger partial charge in [0.25, 0.3) is 0 Å². The van der Waals surface area contributed by atoms with Crippen LogP contribution in [0.2, 0.25) is 0 Å². The summed E-state index contributed by atoms with van der Waals surface area (Å²) in [6, 6.07) is 7.95. The lowest BCUT2D eigenvalue weighted by Crippen LogP contribution is -2.47. The lowest BCUT2D eigenvalue weighted by Gasteiger charge is -2.38. The van der Waals surface area contributed by atoms with Crippen LogP contribution < -0.4 is 10.2 Å². The van der Waals surface area contributed by atoms with Gasteiger partial charge in [0.05, 0.1) is 24.9 Å². The average molecular weight is 368 g/mol. The Labute approximate surface area is 158 Å². The number of carbonyl (C=O) groups is 1. The van der Waals surface area contributed by atoms with Crippen molar-refractivity contribution in [2.24, 2.45) is 0 Å². The molecule has 3 aliphatic rings. The lowest BCUT2D eigenvalue weighted by molar-refractivity contribution is 0.0387. The molecule has 7 heteroatoms. The van der Waals surface area contributed by atoms with Gasteiger partial charge in [-0.3, -0.25) is 9.80 Å². The van der Waals surface area contributed by atoms with E-state index in [-0.39, 0.29) is 12.1 Å². The lowest BCUT2D eigenvalue weighted by atomic mass is 9.84. The summed E-state index contributed by atoms with van der Waals surface area (Å²) in [4.78, 5) is 17.4. The van der Waals surface area contributed by atoms with Gasteiger partial charge < -0.3 is 14.6 Å². The molecule has 0 radical (unpaired) electrons. The van der Waals surface area contributed by atoms with Crippen molar-refractivity contribution in [2.45, 2.75) is 25.3 Å². The molecule has 2 amide bonds. The van der Waals surface area contributed by atoms with Gasteiger partial charge in [0.2, 0.25) is 0 Å². The fourth-order valence-electron chi connectivity index (χ4n) is 4.44. The number of urea groups is 1. The van der Waals surface area contributed by atoms with Gasteiger partial charge in [-0.2, -0.15) is 0 Å². The number of fused-ring (bicyclic) bond motifs is 2. The number of amides is 2. The Morgan fingerprint density at radius 1 is 1.26 bits per heavy atom. The van der Waals surface area contributed by atoms with Gasteiger partial charge >= 0.3 is 6.03 Å². The SMILES string of the molecule is O=C(NCCN1CCOCC1)N1c2ccccc2-c2noc3c2C1CCC3. The van der Waals surface area contributed by atoms with Crippen LogP contribution >= 0.6 is 0 Å². The van der Waals surface area contributed by atoms with Crippen LogP contribution in [0.4, 0.5) is 10.5 Å². The first-order chi connectivity index (χ1) is 13.3. The molecule has 1 saturated heterocycles. The number of nitrogens with zero attached hydrogens (tertiary/aromatic N) is 3. The molecule has 3 heterocycles. The first-order valence-corrected chi connectivity index (χ1v) is 9.78. The minimum absolute atomic E-state index is 0.00767. The van der Waals surface area contributed by atoms with Crippen molar-refractivity contribution in [1.82, 2.24) is 15.4 Å². The fraction of sp³-hybridized carbons (Fsp3) is 0.500. The number of aromatic nitrogens is 1. The molecule has 7 nitrogen and oxygen atoms in total. The number of hydrogen-bond donors (Lipinski definition) is 1. The average Bonchev–Trinajstić information content (AvgIpc) is 3.15. The van der Waals surface area contributed by atoms with Crippen LogP contribution in [-0.2, 0) is 11.2 Å². The zero-order valence-corrected chi connectivity index (χ0v) is 15.3. The van der Waals surface area contributed by atoms with Crippen LogP contribution in [0.5, 0.6) is 0 Å². The quantitative estimate of drug-likeness (QED) is 0.902. The highest BCUT2D eigenvalue weighted by atomic mass is 16.5. The molecule has 0 saturated carbocycles. The number of aryl methyl sites for hydroxylation is 1. The topological polar surface area (TPSA) is 70.8 Å². The Kier molecular flexibility index (Phi) is 4.33.